The van der Waals surface area contributed by atoms with E-state index in [0.29, 0.717) is 29.1 Å². The Morgan fingerprint density at radius 3 is 2.77 bits per heavy atom. The number of hydrogen-bond acceptors (Lipinski definition) is 9. The predicted molar refractivity (Wildman–Crippen MR) is 99.1 cm³/mol. The molecule has 0 aliphatic carbocycles. The van der Waals surface area contributed by atoms with E-state index in [1.54, 1.807) is 18.0 Å². The number of pyridine rings is 1. The summed E-state index contributed by atoms with van der Waals surface area (Å²) in [6, 6.07) is 2.01. The summed E-state index contributed by atoms with van der Waals surface area (Å²) < 4.78 is 7.27. The van der Waals surface area contributed by atoms with Gasteiger partial charge >= 0.3 is 0 Å². The Morgan fingerprint density at radius 2 is 2.00 bits per heavy atom. The molecule has 26 heavy (non-hydrogen) atoms. The molecule has 136 valence electrons. The molecule has 10 heteroatoms. The predicted octanol–water partition coefficient (Wildman–Crippen LogP) is -0.148. The third kappa shape index (κ3) is 2.94. The van der Waals surface area contributed by atoms with E-state index >= 15 is 0 Å². The van der Waals surface area contributed by atoms with Crippen LogP contribution in [0.3, 0.4) is 0 Å². The lowest BCUT2D eigenvalue weighted by atomic mass is 10.2. The van der Waals surface area contributed by atoms with E-state index in [-0.39, 0.29) is 5.95 Å². The van der Waals surface area contributed by atoms with Gasteiger partial charge in [0.05, 0.1) is 31.7 Å². The number of hydrogen-bond donors (Lipinski definition) is 3. The number of anilines is 3. The molecule has 10 nitrogen and oxygen atoms in total. The van der Waals surface area contributed by atoms with Gasteiger partial charge in [0.2, 0.25) is 5.95 Å². The molecular formula is C16H21N9O. The van der Waals surface area contributed by atoms with Gasteiger partial charge < -0.3 is 26.4 Å². The first-order valence-corrected chi connectivity index (χ1v) is 8.39. The highest BCUT2D eigenvalue weighted by molar-refractivity contribution is 5.85. The van der Waals surface area contributed by atoms with Gasteiger partial charge in [0.1, 0.15) is 22.5 Å². The maximum absolute atomic E-state index is 5.99. The summed E-state index contributed by atoms with van der Waals surface area (Å²) >= 11 is 0. The highest BCUT2D eigenvalue weighted by Crippen LogP contribution is 2.26. The van der Waals surface area contributed by atoms with Crippen LogP contribution < -0.4 is 26.4 Å². The van der Waals surface area contributed by atoms with Gasteiger partial charge in [0, 0.05) is 32.2 Å². The number of nitrogens with two attached hydrogens (primary N) is 2. The van der Waals surface area contributed by atoms with Crippen LogP contribution in [-0.4, -0.2) is 58.0 Å². The molecule has 1 aliphatic rings. The van der Waals surface area contributed by atoms with Crippen LogP contribution in [0.1, 0.15) is 5.69 Å². The van der Waals surface area contributed by atoms with Gasteiger partial charge in [-0.2, -0.15) is 10.1 Å². The van der Waals surface area contributed by atoms with Crippen LogP contribution >= 0.6 is 0 Å². The van der Waals surface area contributed by atoms with E-state index < -0.39 is 0 Å². The lowest BCUT2D eigenvalue weighted by Gasteiger charge is -2.29. The standard InChI is InChI=1S/C16H21N9O/c1-26-13-6-10(24-4-2-19-3-5-24)7-20-12(13)9-25-14-11(8-21-25)22-16(18)23-15(14)17/h6-8,19H,2-5,9H2,1H3,(H4,17,18,22,23). The molecule has 4 rings (SSSR count). The second-order valence-corrected chi connectivity index (χ2v) is 6.08. The van der Waals surface area contributed by atoms with Crippen LogP contribution in [0.25, 0.3) is 11.0 Å². The van der Waals surface area contributed by atoms with Gasteiger partial charge in [-0.25, -0.2) is 4.98 Å². The topological polar surface area (TPSA) is 133 Å². The van der Waals surface area contributed by atoms with E-state index in [0.717, 1.165) is 37.6 Å². The zero-order valence-electron chi connectivity index (χ0n) is 14.5. The fraction of sp³-hybridized carbons (Fsp3) is 0.375. The van der Waals surface area contributed by atoms with Crippen molar-refractivity contribution < 1.29 is 4.74 Å². The normalized spacial score (nSPS) is 14.7. The largest absolute Gasteiger partial charge is 0.495 e. The van der Waals surface area contributed by atoms with Gasteiger partial charge in [-0.15, -0.1) is 0 Å². The Labute approximate surface area is 150 Å². The summed E-state index contributed by atoms with van der Waals surface area (Å²) in [6.45, 7) is 4.22. The summed E-state index contributed by atoms with van der Waals surface area (Å²) in [5.74, 6) is 1.13. The molecule has 0 atom stereocenters. The molecule has 0 amide bonds. The van der Waals surface area contributed by atoms with Crippen molar-refractivity contribution in [2.24, 2.45) is 0 Å². The Balaban J connectivity index is 1.66. The molecule has 1 saturated heterocycles. The SMILES string of the molecule is COc1cc(N2CCNCC2)cnc1Cn1ncc2nc(N)nc(N)c21. The van der Waals surface area contributed by atoms with Crippen LogP contribution in [0.5, 0.6) is 5.75 Å². The molecule has 0 unspecified atom stereocenters. The molecule has 1 fully saturated rings. The second kappa shape index (κ2) is 6.64. The van der Waals surface area contributed by atoms with Crippen LogP contribution in [-0.2, 0) is 6.54 Å². The number of nitrogen functional groups attached to an aromatic ring is 2. The minimum Gasteiger partial charge on any atom is -0.495 e. The lowest BCUT2D eigenvalue weighted by Crippen LogP contribution is -2.43. The van der Waals surface area contributed by atoms with Crippen molar-refractivity contribution in [2.45, 2.75) is 6.54 Å². The van der Waals surface area contributed by atoms with Gasteiger partial charge in [-0.1, -0.05) is 0 Å². The molecule has 0 spiro atoms. The monoisotopic (exact) mass is 355 g/mol. The molecule has 5 N–H and O–H groups in total. The maximum Gasteiger partial charge on any atom is 0.222 e. The summed E-state index contributed by atoms with van der Waals surface area (Å²) in [7, 11) is 1.64. The van der Waals surface area contributed by atoms with Gasteiger partial charge in [-0.3, -0.25) is 9.67 Å². The number of ether oxygens (including phenoxy) is 1. The van der Waals surface area contributed by atoms with Crippen LogP contribution in [0.4, 0.5) is 17.5 Å². The molecular weight excluding hydrogens is 334 g/mol. The highest BCUT2D eigenvalue weighted by atomic mass is 16.5. The number of methoxy groups -OCH3 is 1. The smallest absolute Gasteiger partial charge is 0.222 e. The van der Waals surface area contributed by atoms with Crippen molar-refractivity contribution in [2.75, 3.05) is 49.7 Å². The average molecular weight is 355 g/mol. The van der Waals surface area contributed by atoms with E-state index in [1.165, 1.54) is 0 Å². The quantitative estimate of drug-likeness (QED) is 0.584. The van der Waals surface area contributed by atoms with E-state index in [4.69, 9.17) is 16.2 Å². The Bertz CT molecular complexity index is 933. The fourth-order valence-corrected chi connectivity index (χ4v) is 3.16. The summed E-state index contributed by atoms with van der Waals surface area (Å²) in [5.41, 5.74) is 14.7. The lowest BCUT2D eigenvalue weighted by molar-refractivity contribution is 0.404. The Kier molecular flexibility index (Phi) is 4.17. The molecule has 1 aliphatic heterocycles. The fourth-order valence-electron chi connectivity index (χ4n) is 3.16. The summed E-state index contributed by atoms with van der Waals surface area (Å²) in [5, 5.41) is 7.69. The second-order valence-electron chi connectivity index (χ2n) is 6.08. The van der Waals surface area contributed by atoms with Crippen molar-refractivity contribution in [1.29, 1.82) is 0 Å². The third-order valence-electron chi connectivity index (χ3n) is 4.45. The first-order chi connectivity index (χ1) is 12.7. The summed E-state index contributed by atoms with van der Waals surface area (Å²) in [6.07, 6.45) is 3.48. The van der Waals surface area contributed by atoms with Crippen molar-refractivity contribution in [3.8, 4) is 5.75 Å². The molecule has 0 saturated carbocycles. The minimum atomic E-state index is 0.130. The first kappa shape index (κ1) is 16.3. The number of nitrogens with one attached hydrogen (secondary N) is 1. The minimum absolute atomic E-state index is 0.130. The average Bonchev–Trinajstić information content (AvgIpc) is 3.05. The molecule has 3 aromatic rings. The Morgan fingerprint density at radius 1 is 1.19 bits per heavy atom. The van der Waals surface area contributed by atoms with Gasteiger partial charge in [-0.05, 0) is 0 Å². The molecule has 0 bridgehead atoms. The highest BCUT2D eigenvalue weighted by Gasteiger charge is 2.16. The Hall–Kier alpha value is -3.14. The first-order valence-electron chi connectivity index (χ1n) is 8.39. The number of piperazine rings is 1. The number of nitrogens with zero attached hydrogens (tertiary/aromatic N) is 6. The zero-order valence-corrected chi connectivity index (χ0v) is 14.5. The summed E-state index contributed by atoms with van der Waals surface area (Å²) in [4.78, 5) is 15.1. The van der Waals surface area contributed by atoms with Gasteiger partial charge in [0.15, 0.2) is 5.82 Å². The molecule has 3 aromatic heterocycles. The molecule has 0 radical (unpaired) electrons. The third-order valence-corrected chi connectivity index (χ3v) is 4.45. The number of rotatable bonds is 4. The van der Waals surface area contributed by atoms with Crippen molar-refractivity contribution in [3.05, 3.63) is 24.2 Å². The van der Waals surface area contributed by atoms with Gasteiger partial charge in [0.25, 0.3) is 0 Å². The van der Waals surface area contributed by atoms with E-state index in [2.05, 4.69) is 30.3 Å². The molecule has 4 heterocycles. The number of aromatic nitrogens is 5. The van der Waals surface area contributed by atoms with Crippen molar-refractivity contribution in [1.82, 2.24) is 30.0 Å². The maximum atomic E-state index is 5.99. The number of fused-ring (bicyclic) bond motifs is 1. The molecule has 0 aromatic carbocycles. The van der Waals surface area contributed by atoms with E-state index in [1.807, 2.05) is 12.3 Å². The van der Waals surface area contributed by atoms with E-state index in [9.17, 15) is 0 Å². The van der Waals surface area contributed by atoms with Crippen LogP contribution in [0.2, 0.25) is 0 Å². The van der Waals surface area contributed by atoms with Crippen LogP contribution in [0.15, 0.2) is 18.5 Å². The van der Waals surface area contributed by atoms with Crippen molar-refractivity contribution >= 4 is 28.5 Å². The van der Waals surface area contributed by atoms with Crippen molar-refractivity contribution in [3.63, 3.8) is 0 Å². The van der Waals surface area contributed by atoms with Crippen LogP contribution in [0, 0.1) is 0 Å². The zero-order chi connectivity index (χ0) is 18.1.